The van der Waals surface area contributed by atoms with E-state index < -0.39 is 0 Å². The van der Waals surface area contributed by atoms with Gasteiger partial charge in [-0.15, -0.1) is 5.10 Å². The fourth-order valence-electron chi connectivity index (χ4n) is 1.71. The van der Waals surface area contributed by atoms with Crippen LogP contribution in [-0.2, 0) is 6.54 Å². The third-order valence-electron chi connectivity index (χ3n) is 2.71. The molecule has 96 valence electrons. The van der Waals surface area contributed by atoms with E-state index in [1.807, 2.05) is 35.8 Å². The molecule has 3 rings (SSSR count). The van der Waals surface area contributed by atoms with Gasteiger partial charge in [-0.3, -0.25) is 0 Å². The van der Waals surface area contributed by atoms with Gasteiger partial charge in [0.05, 0.1) is 0 Å². The summed E-state index contributed by atoms with van der Waals surface area (Å²) in [6.45, 7) is 2.43. The smallest absolute Gasteiger partial charge is 0.265 e. The molecule has 1 aromatic carbocycles. The Labute approximate surface area is 117 Å². The Balaban J connectivity index is 1.86. The van der Waals surface area contributed by atoms with Crippen LogP contribution in [0.5, 0.6) is 0 Å². The first kappa shape index (κ1) is 12.0. The van der Waals surface area contributed by atoms with Crippen LogP contribution in [0.2, 0.25) is 0 Å². The minimum atomic E-state index is 0.503. The fraction of sp³-hybridized carbons (Fsp3) is 0.167. The van der Waals surface area contributed by atoms with E-state index in [2.05, 4.69) is 36.3 Å². The zero-order valence-electron chi connectivity index (χ0n) is 10.2. The molecular formula is C12H11BrN5O+. The van der Waals surface area contributed by atoms with Gasteiger partial charge in [-0.05, 0) is 12.1 Å². The molecular weight excluding hydrogens is 310 g/mol. The summed E-state index contributed by atoms with van der Waals surface area (Å²) in [5, 5.41) is 10.8. The molecule has 0 unspecified atom stereocenters. The number of benzene rings is 1. The number of aryl methyl sites for hydroxylation is 1. The topological polar surface area (TPSA) is 71.5 Å². The van der Waals surface area contributed by atoms with Crippen LogP contribution in [0.3, 0.4) is 0 Å². The maximum Gasteiger partial charge on any atom is 0.265 e. The molecule has 1 N–H and O–H groups in total. The summed E-state index contributed by atoms with van der Waals surface area (Å²) >= 11 is 3.42. The van der Waals surface area contributed by atoms with Crippen LogP contribution in [0.15, 0.2) is 39.6 Å². The molecule has 0 aliphatic rings. The molecule has 19 heavy (non-hydrogen) atoms. The molecule has 0 aliphatic carbocycles. The van der Waals surface area contributed by atoms with Gasteiger partial charge in [0.25, 0.3) is 12.2 Å². The van der Waals surface area contributed by atoms with E-state index in [-0.39, 0.29) is 0 Å². The zero-order valence-corrected chi connectivity index (χ0v) is 11.8. The Morgan fingerprint density at radius 2 is 2.32 bits per heavy atom. The van der Waals surface area contributed by atoms with Gasteiger partial charge in [0.1, 0.15) is 0 Å². The van der Waals surface area contributed by atoms with E-state index in [1.165, 1.54) is 0 Å². The number of nitrogens with zero attached hydrogens (tertiary/aromatic N) is 4. The maximum atomic E-state index is 5.25. The van der Waals surface area contributed by atoms with Gasteiger partial charge in [-0.25, -0.2) is 4.57 Å². The highest BCUT2D eigenvalue weighted by Crippen LogP contribution is 2.20. The molecule has 0 saturated carbocycles. The van der Waals surface area contributed by atoms with Crippen LogP contribution in [-0.4, -0.2) is 20.3 Å². The number of rotatable bonds is 3. The van der Waals surface area contributed by atoms with Gasteiger partial charge in [0.15, 0.2) is 6.54 Å². The zero-order chi connectivity index (χ0) is 13.2. The van der Waals surface area contributed by atoms with E-state index >= 15 is 0 Å². The van der Waals surface area contributed by atoms with E-state index in [1.54, 1.807) is 6.33 Å². The third kappa shape index (κ3) is 2.55. The number of aromatic nitrogens is 5. The molecule has 3 aromatic rings. The van der Waals surface area contributed by atoms with Crippen molar-refractivity contribution in [3.8, 4) is 11.4 Å². The Morgan fingerprint density at radius 3 is 3.05 bits per heavy atom. The van der Waals surface area contributed by atoms with Crippen molar-refractivity contribution in [2.45, 2.75) is 13.5 Å². The lowest BCUT2D eigenvalue weighted by atomic mass is 10.2. The van der Waals surface area contributed by atoms with E-state index in [4.69, 9.17) is 4.52 Å². The van der Waals surface area contributed by atoms with Crippen LogP contribution in [0, 0.1) is 6.92 Å². The first-order chi connectivity index (χ1) is 9.22. The Hall–Kier alpha value is -2.02. The highest BCUT2D eigenvalue weighted by molar-refractivity contribution is 9.10. The lowest BCUT2D eigenvalue weighted by Gasteiger charge is -1.94. The van der Waals surface area contributed by atoms with Gasteiger partial charge < -0.3 is 4.52 Å². The molecule has 0 amide bonds. The average Bonchev–Trinajstić information content (AvgIpc) is 3.00. The normalized spacial score (nSPS) is 10.8. The molecule has 0 spiro atoms. The van der Waals surface area contributed by atoms with Crippen molar-refractivity contribution in [3.05, 3.63) is 46.8 Å². The highest BCUT2D eigenvalue weighted by atomic mass is 79.9. The van der Waals surface area contributed by atoms with Crippen molar-refractivity contribution in [1.29, 1.82) is 0 Å². The third-order valence-corrected chi connectivity index (χ3v) is 3.20. The van der Waals surface area contributed by atoms with Crippen LogP contribution >= 0.6 is 15.9 Å². The molecule has 0 fully saturated rings. The van der Waals surface area contributed by atoms with Gasteiger partial charge in [-0.2, -0.15) is 4.98 Å². The summed E-state index contributed by atoms with van der Waals surface area (Å²) in [5.74, 6) is 2.06. The minimum Gasteiger partial charge on any atom is -0.335 e. The van der Waals surface area contributed by atoms with E-state index in [0.717, 1.165) is 15.9 Å². The fourth-order valence-corrected chi connectivity index (χ4v) is 2.11. The van der Waals surface area contributed by atoms with Crippen molar-refractivity contribution in [1.82, 2.24) is 20.3 Å². The quantitative estimate of drug-likeness (QED) is 0.748. The second kappa shape index (κ2) is 4.93. The molecule has 0 radical (unpaired) electrons. The molecule has 2 aromatic heterocycles. The van der Waals surface area contributed by atoms with Gasteiger partial charge in [0.2, 0.25) is 11.6 Å². The Kier molecular flexibility index (Phi) is 3.12. The largest absolute Gasteiger partial charge is 0.335 e. The van der Waals surface area contributed by atoms with E-state index in [9.17, 15) is 0 Å². The Morgan fingerprint density at radius 1 is 1.42 bits per heavy atom. The summed E-state index contributed by atoms with van der Waals surface area (Å²) in [6.07, 6.45) is 1.69. The van der Waals surface area contributed by atoms with Gasteiger partial charge in [-0.1, -0.05) is 33.2 Å². The number of hydrogen-bond donors (Lipinski definition) is 1. The number of aromatic amines is 1. The number of hydrogen-bond acceptors (Lipinski definition) is 4. The predicted octanol–water partition coefficient (Wildman–Crippen LogP) is 1.87. The van der Waals surface area contributed by atoms with Crippen LogP contribution < -0.4 is 4.57 Å². The second-order valence-corrected chi connectivity index (χ2v) is 5.01. The first-order valence-electron chi connectivity index (χ1n) is 5.70. The molecule has 6 nitrogen and oxygen atoms in total. The van der Waals surface area contributed by atoms with Crippen molar-refractivity contribution in [3.63, 3.8) is 0 Å². The molecule has 2 heterocycles. The summed E-state index contributed by atoms with van der Waals surface area (Å²) in [5.41, 5.74) is 0.915. The summed E-state index contributed by atoms with van der Waals surface area (Å²) in [6, 6.07) is 7.78. The standard InChI is InChI=1S/C12H10BrN5O/c1-8-16-14-7-18(8)6-11-15-12(17-19-11)9-3-2-4-10(13)5-9/h2-5,7H,6H2,1H3/p+1. The lowest BCUT2D eigenvalue weighted by Crippen LogP contribution is -2.35. The summed E-state index contributed by atoms with van der Waals surface area (Å²) in [4.78, 5) is 4.38. The van der Waals surface area contributed by atoms with Gasteiger partial charge in [0, 0.05) is 22.1 Å². The van der Waals surface area contributed by atoms with Crippen molar-refractivity contribution < 1.29 is 9.09 Å². The molecule has 0 bridgehead atoms. The first-order valence-corrected chi connectivity index (χ1v) is 6.49. The second-order valence-electron chi connectivity index (χ2n) is 4.09. The molecule has 7 heteroatoms. The maximum absolute atomic E-state index is 5.25. The molecule has 0 aliphatic heterocycles. The average molecular weight is 321 g/mol. The minimum absolute atomic E-state index is 0.503. The van der Waals surface area contributed by atoms with E-state index in [0.29, 0.717) is 18.3 Å². The van der Waals surface area contributed by atoms with Crippen LogP contribution in [0.1, 0.15) is 11.7 Å². The van der Waals surface area contributed by atoms with Crippen LogP contribution in [0.4, 0.5) is 0 Å². The molecule has 0 saturated heterocycles. The van der Waals surface area contributed by atoms with Crippen molar-refractivity contribution in [2.24, 2.45) is 0 Å². The van der Waals surface area contributed by atoms with Crippen molar-refractivity contribution in [2.75, 3.05) is 0 Å². The molecule has 0 atom stereocenters. The Bertz CT molecular complexity index is 705. The summed E-state index contributed by atoms with van der Waals surface area (Å²) in [7, 11) is 0. The number of nitrogens with one attached hydrogen (secondary N) is 1. The predicted molar refractivity (Wildman–Crippen MR) is 70.1 cm³/mol. The SMILES string of the molecule is Cc1[nH]nc[n+]1Cc1nc(-c2cccc(Br)c2)no1. The summed E-state index contributed by atoms with van der Waals surface area (Å²) < 4.78 is 8.13. The van der Waals surface area contributed by atoms with Crippen LogP contribution in [0.25, 0.3) is 11.4 Å². The van der Waals surface area contributed by atoms with Gasteiger partial charge >= 0.3 is 0 Å². The highest BCUT2D eigenvalue weighted by Gasteiger charge is 2.13. The lowest BCUT2D eigenvalue weighted by molar-refractivity contribution is -0.696. The number of H-pyrrole nitrogens is 1. The number of halogens is 1. The van der Waals surface area contributed by atoms with Crippen molar-refractivity contribution >= 4 is 15.9 Å². The monoisotopic (exact) mass is 320 g/mol.